The Balaban J connectivity index is 1.55. The SMILES string of the molecule is CC(C)(C)OC(=O)NCc1cccc(Oc2cc(Cl)ccc2N(Cc2ccc(Cl)c(Cl)c2)C(=O)CCC(=O)NCc2ccccc2F)c1. The van der Waals surface area contributed by atoms with Crippen LogP contribution < -0.4 is 20.3 Å². The Bertz CT molecular complexity index is 1780. The van der Waals surface area contributed by atoms with Gasteiger partial charge >= 0.3 is 6.09 Å². The van der Waals surface area contributed by atoms with Crippen LogP contribution in [0, 0.1) is 5.82 Å². The van der Waals surface area contributed by atoms with E-state index in [1.165, 1.54) is 11.0 Å². The van der Waals surface area contributed by atoms with Gasteiger partial charge < -0.3 is 25.0 Å². The molecule has 0 aliphatic carbocycles. The van der Waals surface area contributed by atoms with Crippen molar-refractivity contribution in [3.8, 4) is 11.5 Å². The van der Waals surface area contributed by atoms with E-state index in [1.54, 1.807) is 93.6 Å². The van der Waals surface area contributed by atoms with E-state index in [2.05, 4.69) is 10.6 Å². The fourth-order valence-electron chi connectivity index (χ4n) is 4.53. The molecule has 0 unspecified atom stereocenters. The van der Waals surface area contributed by atoms with Gasteiger partial charge in [0, 0.05) is 42.6 Å². The van der Waals surface area contributed by atoms with E-state index in [9.17, 15) is 18.8 Å². The van der Waals surface area contributed by atoms with Gasteiger partial charge in [0.05, 0.1) is 22.3 Å². The minimum Gasteiger partial charge on any atom is -0.455 e. The predicted molar refractivity (Wildman–Crippen MR) is 186 cm³/mol. The van der Waals surface area contributed by atoms with Crippen molar-refractivity contribution in [1.82, 2.24) is 10.6 Å². The van der Waals surface area contributed by atoms with E-state index in [0.29, 0.717) is 37.6 Å². The lowest BCUT2D eigenvalue weighted by atomic mass is 10.1. The van der Waals surface area contributed by atoms with Gasteiger partial charge in [0.2, 0.25) is 11.8 Å². The maximum Gasteiger partial charge on any atom is 0.407 e. The van der Waals surface area contributed by atoms with E-state index in [1.807, 2.05) is 6.07 Å². The summed E-state index contributed by atoms with van der Waals surface area (Å²) in [6.07, 6.45) is -0.844. The Morgan fingerprint density at radius 2 is 1.56 bits per heavy atom. The summed E-state index contributed by atoms with van der Waals surface area (Å²) >= 11 is 18.8. The summed E-state index contributed by atoms with van der Waals surface area (Å²) in [5.41, 5.74) is 1.51. The van der Waals surface area contributed by atoms with E-state index in [0.717, 1.165) is 5.56 Å². The number of nitrogens with zero attached hydrogens (tertiary/aromatic N) is 1. The summed E-state index contributed by atoms with van der Waals surface area (Å²) in [4.78, 5) is 40.1. The predicted octanol–water partition coefficient (Wildman–Crippen LogP) is 9.23. The van der Waals surface area contributed by atoms with E-state index in [4.69, 9.17) is 44.3 Å². The van der Waals surface area contributed by atoms with Crippen molar-refractivity contribution in [1.29, 1.82) is 0 Å². The molecule has 0 spiro atoms. The third-order valence-corrected chi connectivity index (χ3v) is 7.77. The van der Waals surface area contributed by atoms with Crippen LogP contribution in [-0.4, -0.2) is 23.5 Å². The minimum absolute atomic E-state index is 0.00574. The second-order valence-electron chi connectivity index (χ2n) is 11.8. The van der Waals surface area contributed by atoms with Crippen molar-refractivity contribution in [3.05, 3.63) is 123 Å². The Morgan fingerprint density at radius 3 is 2.29 bits per heavy atom. The molecule has 0 saturated carbocycles. The average Bonchev–Trinajstić information content (AvgIpc) is 3.02. The minimum atomic E-state index is -0.635. The van der Waals surface area contributed by atoms with Gasteiger partial charge in [-0.25, -0.2) is 9.18 Å². The Labute approximate surface area is 294 Å². The summed E-state index contributed by atoms with van der Waals surface area (Å²) in [5.74, 6) is -0.523. The fraction of sp³-hybridized carbons (Fsp3) is 0.250. The molecule has 4 aromatic carbocycles. The topological polar surface area (TPSA) is 97.0 Å². The van der Waals surface area contributed by atoms with Crippen molar-refractivity contribution >= 4 is 58.4 Å². The monoisotopic (exact) mass is 713 g/mol. The number of hydrogen-bond donors (Lipinski definition) is 2. The summed E-state index contributed by atoms with van der Waals surface area (Å²) in [6.45, 7) is 5.60. The van der Waals surface area contributed by atoms with Crippen molar-refractivity contribution < 1.29 is 28.2 Å². The van der Waals surface area contributed by atoms with Crippen LogP contribution in [0.25, 0.3) is 0 Å². The fourth-order valence-corrected chi connectivity index (χ4v) is 5.02. The van der Waals surface area contributed by atoms with Gasteiger partial charge in [-0.1, -0.05) is 71.2 Å². The normalized spacial score (nSPS) is 11.1. The second kappa shape index (κ2) is 16.7. The summed E-state index contributed by atoms with van der Waals surface area (Å²) in [7, 11) is 0. The second-order valence-corrected chi connectivity index (χ2v) is 13.1. The first-order valence-electron chi connectivity index (χ1n) is 15.0. The van der Waals surface area contributed by atoms with Gasteiger partial charge in [0.1, 0.15) is 17.2 Å². The van der Waals surface area contributed by atoms with Crippen LogP contribution in [0.1, 0.15) is 50.3 Å². The highest BCUT2D eigenvalue weighted by Crippen LogP contribution is 2.37. The molecule has 0 fully saturated rings. The molecule has 0 aliphatic heterocycles. The van der Waals surface area contributed by atoms with Crippen LogP contribution in [0.15, 0.2) is 84.9 Å². The first-order chi connectivity index (χ1) is 22.8. The van der Waals surface area contributed by atoms with Crippen LogP contribution in [0.2, 0.25) is 15.1 Å². The number of anilines is 1. The summed E-state index contributed by atoms with van der Waals surface area (Å²) in [6, 6.07) is 23.1. The van der Waals surface area contributed by atoms with Crippen molar-refractivity contribution in [3.63, 3.8) is 0 Å². The molecule has 4 aromatic rings. The molecule has 2 N–H and O–H groups in total. The molecule has 12 heteroatoms. The molecule has 48 heavy (non-hydrogen) atoms. The smallest absolute Gasteiger partial charge is 0.407 e. The number of hydrogen-bond acceptors (Lipinski definition) is 5. The first kappa shape index (κ1) is 36.5. The molecule has 4 rings (SSSR count). The molecular weight excluding hydrogens is 680 g/mol. The highest BCUT2D eigenvalue weighted by Gasteiger charge is 2.23. The lowest BCUT2D eigenvalue weighted by Crippen LogP contribution is -2.32. The van der Waals surface area contributed by atoms with E-state index < -0.39 is 23.4 Å². The zero-order valence-electron chi connectivity index (χ0n) is 26.6. The lowest BCUT2D eigenvalue weighted by Gasteiger charge is -2.26. The van der Waals surface area contributed by atoms with Crippen LogP contribution >= 0.6 is 34.8 Å². The molecule has 3 amide bonds. The number of nitrogens with one attached hydrogen (secondary N) is 2. The maximum absolute atomic E-state index is 14.0. The Hall–Kier alpha value is -4.31. The number of benzene rings is 4. The highest BCUT2D eigenvalue weighted by molar-refractivity contribution is 6.42. The number of alkyl carbamates (subject to hydrolysis) is 1. The van der Waals surface area contributed by atoms with Crippen molar-refractivity contribution in [2.45, 2.75) is 58.8 Å². The van der Waals surface area contributed by atoms with Gasteiger partial charge in [-0.3, -0.25) is 9.59 Å². The standard InChI is InChI=1S/C36H35Cl3FN3O5/c1-36(2,3)48-35(46)42-20-23-7-6-9-27(17-23)47-32-19-26(37)12-14-31(32)43(22-24-11-13-28(38)29(39)18-24)34(45)16-15-33(44)41-21-25-8-4-5-10-30(25)40/h4-14,17-19H,15-16,20-22H2,1-3H3,(H,41,44)(H,42,46). The number of amides is 3. The van der Waals surface area contributed by atoms with Crippen molar-refractivity contribution in [2.24, 2.45) is 0 Å². The molecule has 0 atom stereocenters. The van der Waals surface area contributed by atoms with Crippen LogP contribution in [0.5, 0.6) is 11.5 Å². The zero-order chi connectivity index (χ0) is 34.8. The third kappa shape index (κ3) is 11.1. The van der Waals surface area contributed by atoms with Crippen LogP contribution in [0.4, 0.5) is 14.9 Å². The molecule has 8 nitrogen and oxygen atoms in total. The van der Waals surface area contributed by atoms with Gasteiger partial charge in [0.25, 0.3) is 0 Å². The number of ether oxygens (including phenoxy) is 2. The Morgan fingerprint density at radius 1 is 0.792 bits per heavy atom. The van der Waals surface area contributed by atoms with Gasteiger partial charge in [0.15, 0.2) is 5.75 Å². The molecular formula is C36H35Cl3FN3O5. The average molecular weight is 715 g/mol. The first-order valence-corrected chi connectivity index (χ1v) is 16.2. The molecule has 0 aliphatic rings. The highest BCUT2D eigenvalue weighted by atomic mass is 35.5. The number of carbonyl (C=O) groups excluding carboxylic acids is 3. The molecule has 252 valence electrons. The molecule has 0 heterocycles. The summed E-state index contributed by atoms with van der Waals surface area (Å²) in [5, 5.41) is 6.43. The molecule has 0 bridgehead atoms. The van der Waals surface area contributed by atoms with Gasteiger partial charge in [-0.2, -0.15) is 0 Å². The lowest BCUT2D eigenvalue weighted by molar-refractivity contribution is -0.125. The van der Waals surface area contributed by atoms with E-state index in [-0.39, 0.29) is 44.1 Å². The number of carbonyl (C=O) groups is 3. The van der Waals surface area contributed by atoms with E-state index >= 15 is 0 Å². The number of rotatable bonds is 12. The van der Waals surface area contributed by atoms with Crippen LogP contribution in [0.3, 0.4) is 0 Å². The van der Waals surface area contributed by atoms with Crippen LogP contribution in [-0.2, 0) is 34.0 Å². The number of halogens is 4. The van der Waals surface area contributed by atoms with Crippen molar-refractivity contribution in [2.75, 3.05) is 4.90 Å². The zero-order valence-corrected chi connectivity index (χ0v) is 28.9. The summed E-state index contributed by atoms with van der Waals surface area (Å²) < 4.78 is 25.6. The molecule has 0 radical (unpaired) electrons. The van der Waals surface area contributed by atoms with Gasteiger partial charge in [-0.15, -0.1) is 0 Å². The quantitative estimate of drug-likeness (QED) is 0.153. The molecule has 0 saturated heterocycles. The third-order valence-electron chi connectivity index (χ3n) is 6.80. The van der Waals surface area contributed by atoms with Gasteiger partial charge in [-0.05, 0) is 74.4 Å². The Kier molecular flexibility index (Phi) is 12.7. The maximum atomic E-state index is 14.0. The largest absolute Gasteiger partial charge is 0.455 e. The molecule has 0 aromatic heterocycles.